The first-order valence-corrected chi connectivity index (χ1v) is 13.2. The van der Waals surface area contributed by atoms with Gasteiger partial charge in [-0.3, -0.25) is 9.59 Å². The van der Waals surface area contributed by atoms with Crippen molar-refractivity contribution < 1.29 is 18.0 Å². The number of carbonyl (C=O) groups excluding carboxylic acids is 2. The first-order valence-electron chi connectivity index (χ1n) is 10.7. The third-order valence-corrected chi connectivity index (χ3v) is 8.03. The summed E-state index contributed by atoms with van der Waals surface area (Å²) in [7, 11) is -3.90. The lowest BCUT2D eigenvalue weighted by atomic mass is 10.1. The van der Waals surface area contributed by atoms with Gasteiger partial charge in [0.05, 0.1) is 10.6 Å². The standard InChI is InChI=1S/C26H23N3O4S2/c1-17-8-14-22(15-9-17)35(32,33)26-25(28-24(29-26)20-6-4-3-5-7-20)34-16-23(31)27-21-12-10-19(11-13-21)18(2)30/h3-15H,16H2,1-2H3,(H,27,31)(H,28,29). The third-order valence-electron chi connectivity index (χ3n) is 5.20. The molecule has 0 spiro atoms. The molecule has 2 N–H and O–H groups in total. The number of sulfone groups is 1. The minimum absolute atomic E-state index is 0.0516. The van der Waals surface area contributed by atoms with Crippen LogP contribution >= 0.6 is 11.8 Å². The number of aromatic amines is 1. The molecule has 0 unspecified atom stereocenters. The Bertz CT molecular complexity index is 1460. The molecule has 1 heterocycles. The van der Waals surface area contributed by atoms with Crippen LogP contribution in [-0.4, -0.2) is 35.8 Å². The number of thioether (sulfide) groups is 1. The molecular weight excluding hydrogens is 482 g/mol. The van der Waals surface area contributed by atoms with Crippen molar-refractivity contribution in [2.45, 2.75) is 28.8 Å². The predicted octanol–water partition coefficient (Wildman–Crippen LogP) is 5.15. The monoisotopic (exact) mass is 505 g/mol. The molecule has 0 saturated carbocycles. The van der Waals surface area contributed by atoms with Crippen LogP contribution in [0.25, 0.3) is 11.4 Å². The van der Waals surface area contributed by atoms with Gasteiger partial charge < -0.3 is 10.3 Å². The summed E-state index contributed by atoms with van der Waals surface area (Å²) >= 11 is 1.03. The summed E-state index contributed by atoms with van der Waals surface area (Å²) in [6, 6.07) is 22.3. The highest BCUT2D eigenvalue weighted by Gasteiger charge is 2.27. The van der Waals surface area contributed by atoms with Crippen LogP contribution in [0, 0.1) is 6.92 Å². The van der Waals surface area contributed by atoms with E-state index >= 15 is 0 Å². The predicted molar refractivity (Wildman–Crippen MR) is 136 cm³/mol. The number of amides is 1. The van der Waals surface area contributed by atoms with E-state index in [-0.39, 0.29) is 32.4 Å². The van der Waals surface area contributed by atoms with E-state index in [4.69, 9.17) is 0 Å². The van der Waals surface area contributed by atoms with Gasteiger partial charge in [-0.25, -0.2) is 13.4 Å². The molecule has 4 aromatic rings. The highest BCUT2D eigenvalue weighted by atomic mass is 32.2. The molecule has 1 amide bonds. The second-order valence-electron chi connectivity index (χ2n) is 7.87. The Kier molecular flexibility index (Phi) is 7.18. The molecule has 0 fully saturated rings. The highest BCUT2D eigenvalue weighted by molar-refractivity contribution is 8.00. The number of aryl methyl sites for hydroxylation is 1. The zero-order valence-corrected chi connectivity index (χ0v) is 20.7. The molecule has 4 rings (SSSR count). The second kappa shape index (κ2) is 10.3. The summed E-state index contributed by atoms with van der Waals surface area (Å²) in [4.78, 5) is 31.6. The molecule has 178 valence electrons. The summed E-state index contributed by atoms with van der Waals surface area (Å²) in [6.07, 6.45) is 0. The fourth-order valence-corrected chi connectivity index (χ4v) is 5.73. The molecule has 0 aliphatic heterocycles. The van der Waals surface area contributed by atoms with E-state index in [1.807, 2.05) is 37.3 Å². The Morgan fingerprint density at radius 2 is 1.60 bits per heavy atom. The lowest BCUT2D eigenvalue weighted by molar-refractivity contribution is -0.113. The first kappa shape index (κ1) is 24.4. The van der Waals surface area contributed by atoms with E-state index in [1.165, 1.54) is 6.92 Å². The van der Waals surface area contributed by atoms with Gasteiger partial charge in [-0.05, 0) is 50.2 Å². The van der Waals surface area contributed by atoms with Gasteiger partial charge in [0, 0.05) is 16.8 Å². The summed E-state index contributed by atoms with van der Waals surface area (Å²) in [5.41, 5.74) is 2.77. The lowest BCUT2D eigenvalue weighted by Gasteiger charge is -2.07. The number of anilines is 1. The van der Waals surface area contributed by atoms with Gasteiger partial charge in [0.2, 0.25) is 15.7 Å². The summed E-state index contributed by atoms with van der Waals surface area (Å²) < 4.78 is 26.8. The van der Waals surface area contributed by atoms with Gasteiger partial charge in [0.1, 0.15) is 10.9 Å². The number of rotatable bonds is 8. The quantitative estimate of drug-likeness (QED) is 0.253. The van der Waals surface area contributed by atoms with Crippen LogP contribution in [0.1, 0.15) is 22.8 Å². The number of H-pyrrole nitrogens is 1. The van der Waals surface area contributed by atoms with Crippen molar-refractivity contribution in [3.63, 3.8) is 0 Å². The smallest absolute Gasteiger partial charge is 0.234 e. The normalized spacial score (nSPS) is 11.3. The SMILES string of the molecule is CC(=O)c1ccc(NC(=O)CSc2nc(-c3ccccc3)[nH]c2S(=O)(=O)c2ccc(C)cc2)cc1. The molecule has 0 bridgehead atoms. The van der Waals surface area contributed by atoms with Gasteiger partial charge in [0.25, 0.3) is 0 Å². The highest BCUT2D eigenvalue weighted by Crippen LogP contribution is 2.32. The van der Waals surface area contributed by atoms with Crippen LogP contribution in [-0.2, 0) is 14.6 Å². The van der Waals surface area contributed by atoms with Crippen LogP contribution in [0.4, 0.5) is 5.69 Å². The van der Waals surface area contributed by atoms with Gasteiger partial charge in [0.15, 0.2) is 10.8 Å². The minimum Gasteiger partial charge on any atom is -0.328 e. The fourth-order valence-electron chi connectivity index (χ4n) is 3.31. The van der Waals surface area contributed by atoms with Crippen LogP contribution in [0.15, 0.2) is 93.8 Å². The zero-order valence-electron chi connectivity index (χ0n) is 19.1. The van der Waals surface area contributed by atoms with Crippen molar-refractivity contribution in [1.29, 1.82) is 0 Å². The average molecular weight is 506 g/mol. The minimum atomic E-state index is -3.90. The first-order chi connectivity index (χ1) is 16.7. The van der Waals surface area contributed by atoms with E-state index in [9.17, 15) is 18.0 Å². The molecule has 35 heavy (non-hydrogen) atoms. The van der Waals surface area contributed by atoms with E-state index < -0.39 is 9.84 Å². The molecule has 1 aromatic heterocycles. The molecular formula is C26H23N3O4S2. The zero-order chi connectivity index (χ0) is 25.0. The number of ketones is 1. The van der Waals surface area contributed by atoms with E-state index in [0.29, 0.717) is 17.1 Å². The van der Waals surface area contributed by atoms with E-state index in [0.717, 1.165) is 22.9 Å². The molecule has 9 heteroatoms. The number of carbonyl (C=O) groups is 2. The Morgan fingerprint density at radius 3 is 2.23 bits per heavy atom. The molecule has 0 atom stereocenters. The maximum atomic E-state index is 13.4. The molecule has 3 aromatic carbocycles. The number of Topliss-reactive ketones (excluding diaryl/α,β-unsaturated/α-hetero) is 1. The van der Waals surface area contributed by atoms with Crippen LogP contribution in [0.2, 0.25) is 0 Å². The number of aromatic nitrogens is 2. The fraction of sp³-hybridized carbons (Fsp3) is 0.115. The number of benzene rings is 3. The van der Waals surface area contributed by atoms with Gasteiger partial charge in [-0.15, -0.1) is 0 Å². The summed E-state index contributed by atoms with van der Waals surface area (Å²) in [6.45, 7) is 3.35. The maximum absolute atomic E-state index is 13.4. The van der Waals surface area contributed by atoms with Crippen molar-refractivity contribution in [2.75, 3.05) is 11.1 Å². The van der Waals surface area contributed by atoms with Crippen molar-refractivity contribution in [2.24, 2.45) is 0 Å². The Hall–Kier alpha value is -3.69. The Balaban J connectivity index is 1.59. The number of nitrogens with zero attached hydrogens (tertiary/aromatic N) is 1. The number of hydrogen-bond acceptors (Lipinski definition) is 6. The largest absolute Gasteiger partial charge is 0.328 e. The van der Waals surface area contributed by atoms with Crippen LogP contribution in [0.3, 0.4) is 0 Å². The van der Waals surface area contributed by atoms with Crippen molar-refractivity contribution in [3.8, 4) is 11.4 Å². The van der Waals surface area contributed by atoms with Crippen molar-refractivity contribution >= 4 is 39.0 Å². The van der Waals surface area contributed by atoms with E-state index in [1.54, 1.807) is 48.5 Å². The topological polar surface area (TPSA) is 109 Å². The molecule has 7 nitrogen and oxygen atoms in total. The van der Waals surface area contributed by atoms with E-state index in [2.05, 4.69) is 15.3 Å². The van der Waals surface area contributed by atoms with Gasteiger partial charge in [-0.1, -0.05) is 59.8 Å². The van der Waals surface area contributed by atoms with Crippen molar-refractivity contribution in [3.05, 3.63) is 90.0 Å². The average Bonchev–Trinajstić information content (AvgIpc) is 3.29. The number of nitrogens with one attached hydrogen (secondary N) is 2. The third kappa shape index (κ3) is 5.70. The summed E-state index contributed by atoms with van der Waals surface area (Å²) in [5.74, 6) is -0.0368. The summed E-state index contributed by atoms with van der Waals surface area (Å²) in [5, 5.41) is 2.92. The van der Waals surface area contributed by atoms with Gasteiger partial charge >= 0.3 is 0 Å². The second-order valence-corrected chi connectivity index (χ2v) is 10.7. The number of imidazole rings is 1. The Morgan fingerprint density at radius 1 is 0.943 bits per heavy atom. The van der Waals surface area contributed by atoms with Gasteiger partial charge in [-0.2, -0.15) is 0 Å². The lowest BCUT2D eigenvalue weighted by Crippen LogP contribution is -2.14. The number of hydrogen-bond donors (Lipinski definition) is 2. The van der Waals surface area contributed by atoms with Crippen molar-refractivity contribution in [1.82, 2.24) is 9.97 Å². The van der Waals surface area contributed by atoms with Crippen LogP contribution < -0.4 is 5.32 Å². The Labute approximate surface area is 207 Å². The molecule has 0 saturated heterocycles. The maximum Gasteiger partial charge on any atom is 0.234 e. The molecule has 0 radical (unpaired) electrons. The molecule has 0 aliphatic carbocycles. The molecule has 0 aliphatic rings. The van der Waals surface area contributed by atoms with Crippen LogP contribution in [0.5, 0.6) is 0 Å².